The number of benzene rings is 2. The van der Waals surface area contributed by atoms with Crippen LogP contribution in [0.5, 0.6) is 11.5 Å². The number of hydrogen-bond acceptors (Lipinski definition) is 8. The first kappa shape index (κ1) is 25.8. The zero-order valence-electron chi connectivity index (χ0n) is 20.5. The lowest BCUT2D eigenvalue weighted by atomic mass is 10.0. The van der Waals surface area contributed by atoms with Crippen LogP contribution in [0.4, 0.5) is 24.7 Å². The first-order valence-electron chi connectivity index (χ1n) is 11.5. The number of nitrogens with zero attached hydrogens (tertiary/aromatic N) is 2. The lowest BCUT2D eigenvalue weighted by Crippen LogP contribution is -2.39. The Labute approximate surface area is 206 Å². The minimum Gasteiger partial charge on any atom is -0.493 e. The average molecular weight is 507 g/mol. The Kier molecular flexibility index (Phi) is 7.41. The molecule has 1 aliphatic heterocycles. The Morgan fingerprint density at radius 1 is 1.11 bits per heavy atom. The third-order valence-corrected chi connectivity index (χ3v) is 5.76. The standard InChI is InChI=1S/C25H29F3N4O4/c1-13(36-19-11-34-12-19)10-35-23-8-20-21(9-22(23)33-4)31-15(3)32-24(20)30-14(2)16-5-17(25(26,27)28)7-18(29)6-16/h5-9,13-14,19H,10-12,29H2,1-4H3,(H,30,31,32)/t13?,14-/m1/s1. The smallest absolute Gasteiger partial charge is 0.416 e. The van der Waals surface area contributed by atoms with E-state index in [0.717, 1.165) is 12.1 Å². The van der Waals surface area contributed by atoms with Crippen LogP contribution >= 0.6 is 0 Å². The molecular weight excluding hydrogens is 477 g/mol. The molecule has 36 heavy (non-hydrogen) atoms. The van der Waals surface area contributed by atoms with Crippen molar-refractivity contribution in [2.24, 2.45) is 0 Å². The van der Waals surface area contributed by atoms with Crippen molar-refractivity contribution < 1.29 is 32.1 Å². The summed E-state index contributed by atoms with van der Waals surface area (Å²) in [6.07, 6.45) is -4.60. The Hall–Kier alpha value is -3.31. The van der Waals surface area contributed by atoms with E-state index in [1.54, 1.807) is 26.0 Å². The van der Waals surface area contributed by atoms with Gasteiger partial charge in [-0.1, -0.05) is 0 Å². The minimum atomic E-state index is -4.50. The van der Waals surface area contributed by atoms with E-state index in [9.17, 15) is 13.2 Å². The summed E-state index contributed by atoms with van der Waals surface area (Å²) in [5.74, 6) is 1.90. The van der Waals surface area contributed by atoms with Gasteiger partial charge in [0.05, 0.1) is 43.5 Å². The predicted octanol–water partition coefficient (Wildman–Crippen LogP) is 4.90. The molecule has 2 aromatic carbocycles. The van der Waals surface area contributed by atoms with Gasteiger partial charge in [-0.15, -0.1) is 0 Å². The van der Waals surface area contributed by atoms with Gasteiger partial charge in [-0.25, -0.2) is 9.97 Å². The Morgan fingerprint density at radius 2 is 1.86 bits per heavy atom. The molecule has 2 heterocycles. The SMILES string of the molecule is COc1cc2nc(C)nc(N[C@H](C)c3cc(N)cc(C(F)(F)F)c3)c2cc1OCC(C)OC1COC1. The molecule has 1 unspecified atom stereocenters. The number of aromatic nitrogens is 2. The van der Waals surface area contributed by atoms with Crippen LogP contribution in [0.2, 0.25) is 0 Å². The van der Waals surface area contributed by atoms with Crippen molar-refractivity contribution in [3.8, 4) is 11.5 Å². The fourth-order valence-electron chi connectivity index (χ4n) is 3.88. The van der Waals surface area contributed by atoms with E-state index in [0.29, 0.717) is 52.8 Å². The first-order valence-corrected chi connectivity index (χ1v) is 11.5. The number of nitrogens with two attached hydrogens (primary N) is 1. The van der Waals surface area contributed by atoms with Gasteiger partial charge in [-0.05, 0) is 50.6 Å². The van der Waals surface area contributed by atoms with E-state index >= 15 is 0 Å². The first-order chi connectivity index (χ1) is 17.0. The van der Waals surface area contributed by atoms with Crippen LogP contribution in [-0.2, 0) is 15.7 Å². The molecule has 194 valence electrons. The quantitative estimate of drug-likeness (QED) is 0.395. The average Bonchev–Trinajstić information content (AvgIpc) is 2.78. The van der Waals surface area contributed by atoms with E-state index < -0.39 is 17.8 Å². The van der Waals surface area contributed by atoms with Gasteiger partial charge in [0.25, 0.3) is 0 Å². The number of methoxy groups -OCH3 is 1. The summed E-state index contributed by atoms with van der Waals surface area (Å²) in [6, 6.07) is 6.46. The topological polar surface area (TPSA) is 101 Å². The molecule has 1 aliphatic rings. The lowest BCUT2D eigenvalue weighted by molar-refractivity contribution is -0.156. The van der Waals surface area contributed by atoms with E-state index in [1.807, 2.05) is 6.92 Å². The summed E-state index contributed by atoms with van der Waals surface area (Å²) in [5, 5.41) is 3.84. The van der Waals surface area contributed by atoms with Gasteiger partial charge in [0.1, 0.15) is 24.4 Å². The number of aryl methyl sites for hydroxylation is 1. The van der Waals surface area contributed by atoms with Gasteiger partial charge in [-0.3, -0.25) is 0 Å². The third-order valence-electron chi connectivity index (χ3n) is 5.76. The second-order valence-corrected chi connectivity index (χ2v) is 8.81. The van der Waals surface area contributed by atoms with Crippen molar-refractivity contribution in [3.05, 3.63) is 47.3 Å². The molecular formula is C25H29F3N4O4. The molecule has 11 heteroatoms. The molecule has 8 nitrogen and oxygen atoms in total. The molecule has 0 aliphatic carbocycles. The molecule has 0 amide bonds. The van der Waals surface area contributed by atoms with Crippen LogP contribution in [0.25, 0.3) is 10.9 Å². The molecule has 4 rings (SSSR count). The summed E-state index contributed by atoms with van der Waals surface area (Å²) >= 11 is 0. The number of fused-ring (bicyclic) bond motifs is 1. The van der Waals surface area contributed by atoms with Crippen molar-refractivity contribution in [2.75, 3.05) is 38.0 Å². The highest BCUT2D eigenvalue weighted by Crippen LogP contribution is 2.37. The van der Waals surface area contributed by atoms with Gasteiger partial charge >= 0.3 is 6.18 Å². The second-order valence-electron chi connectivity index (χ2n) is 8.81. The molecule has 3 aromatic rings. The van der Waals surface area contributed by atoms with Gasteiger partial charge < -0.3 is 30.0 Å². The largest absolute Gasteiger partial charge is 0.493 e. The summed E-state index contributed by atoms with van der Waals surface area (Å²) in [7, 11) is 1.53. The van der Waals surface area contributed by atoms with Crippen LogP contribution in [0, 0.1) is 6.92 Å². The maximum atomic E-state index is 13.3. The van der Waals surface area contributed by atoms with Gasteiger partial charge in [0, 0.05) is 17.1 Å². The molecule has 1 aromatic heterocycles. The minimum absolute atomic E-state index is 0.0300. The van der Waals surface area contributed by atoms with Crippen molar-refractivity contribution in [3.63, 3.8) is 0 Å². The van der Waals surface area contributed by atoms with E-state index in [1.165, 1.54) is 13.2 Å². The Balaban J connectivity index is 1.62. The maximum Gasteiger partial charge on any atom is 0.416 e. The summed E-state index contributed by atoms with van der Waals surface area (Å²) in [4.78, 5) is 8.99. The van der Waals surface area contributed by atoms with Crippen LogP contribution < -0.4 is 20.5 Å². The highest BCUT2D eigenvalue weighted by molar-refractivity contribution is 5.92. The van der Waals surface area contributed by atoms with Crippen molar-refractivity contribution >= 4 is 22.4 Å². The third kappa shape index (κ3) is 5.90. The number of nitrogen functional groups attached to an aromatic ring is 1. The van der Waals surface area contributed by atoms with E-state index in [-0.39, 0.29) is 24.5 Å². The van der Waals surface area contributed by atoms with Crippen molar-refractivity contribution in [1.82, 2.24) is 9.97 Å². The van der Waals surface area contributed by atoms with E-state index in [4.69, 9.17) is 24.7 Å². The van der Waals surface area contributed by atoms with Crippen molar-refractivity contribution in [2.45, 2.75) is 45.2 Å². The lowest BCUT2D eigenvalue weighted by Gasteiger charge is -2.29. The Bertz CT molecular complexity index is 1230. The number of anilines is 2. The summed E-state index contributed by atoms with van der Waals surface area (Å²) in [6.45, 7) is 6.82. The number of rotatable bonds is 9. The van der Waals surface area contributed by atoms with Gasteiger partial charge in [0.15, 0.2) is 11.5 Å². The molecule has 1 fully saturated rings. The predicted molar refractivity (Wildman–Crippen MR) is 129 cm³/mol. The number of hydrogen-bond donors (Lipinski definition) is 2. The van der Waals surface area contributed by atoms with E-state index in [2.05, 4.69) is 15.3 Å². The number of halogens is 3. The number of alkyl halides is 3. The Morgan fingerprint density at radius 3 is 2.50 bits per heavy atom. The number of ether oxygens (including phenoxy) is 4. The molecule has 0 radical (unpaired) electrons. The molecule has 2 atom stereocenters. The molecule has 0 spiro atoms. The molecule has 0 saturated carbocycles. The summed E-state index contributed by atoms with van der Waals surface area (Å²) < 4.78 is 62.4. The van der Waals surface area contributed by atoms with Crippen LogP contribution in [-0.4, -0.2) is 49.1 Å². The highest BCUT2D eigenvalue weighted by atomic mass is 19.4. The zero-order chi connectivity index (χ0) is 26.0. The van der Waals surface area contributed by atoms with Crippen molar-refractivity contribution in [1.29, 1.82) is 0 Å². The van der Waals surface area contributed by atoms with Gasteiger partial charge in [-0.2, -0.15) is 13.2 Å². The van der Waals surface area contributed by atoms with Crippen LogP contribution in [0.3, 0.4) is 0 Å². The fraction of sp³-hybridized carbons (Fsp3) is 0.440. The molecule has 0 bridgehead atoms. The summed E-state index contributed by atoms with van der Waals surface area (Å²) in [5.41, 5.74) is 5.95. The highest BCUT2D eigenvalue weighted by Gasteiger charge is 2.31. The molecule has 1 saturated heterocycles. The fourth-order valence-corrected chi connectivity index (χ4v) is 3.88. The maximum absolute atomic E-state index is 13.3. The normalized spacial score (nSPS) is 15.9. The molecule has 3 N–H and O–H groups in total. The monoisotopic (exact) mass is 506 g/mol. The van der Waals surface area contributed by atoms with Crippen LogP contribution in [0.1, 0.15) is 36.8 Å². The zero-order valence-corrected chi connectivity index (χ0v) is 20.5. The van der Waals surface area contributed by atoms with Crippen LogP contribution in [0.15, 0.2) is 30.3 Å². The second kappa shape index (κ2) is 10.4. The number of nitrogens with one attached hydrogen (secondary N) is 1. The van der Waals surface area contributed by atoms with Gasteiger partial charge in [0.2, 0.25) is 0 Å².